The summed E-state index contributed by atoms with van der Waals surface area (Å²) in [5, 5.41) is 0. The van der Waals surface area contributed by atoms with Gasteiger partial charge < -0.3 is 9.47 Å². The van der Waals surface area contributed by atoms with Gasteiger partial charge in [-0.3, -0.25) is 9.10 Å². The summed E-state index contributed by atoms with van der Waals surface area (Å²) in [6.45, 7) is 3.43. The van der Waals surface area contributed by atoms with Crippen LogP contribution >= 0.6 is 0 Å². The minimum absolute atomic E-state index is 0.0342. The molecule has 0 saturated heterocycles. The van der Waals surface area contributed by atoms with Crippen molar-refractivity contribution in [2.45, 2.75) is 18.7 Å². The fraction of sp³-hybridized carbons (Fsp3) is 0.278. The maximum atomic E-state index is 13.6. The van der Waals surface area contributed by atoms with Crippen LogP contribution in [0.5, 0.6) is 5.75 Å². The van der Waals surface area contributed by atoms with Crippen molar-refractivity contribution in [2.24, 2.45) is 0 Å². The molecule has 0 spiro atoms. The molecule has 0 saturated carbocycles. The van der Waals surface area contributed by atoms with Crippen molar-refractivity contribution in [1.29, 1.82) is 0 Å². The second-order valence-corrected chi connectivity index (χ2v) is 7.06. The predicted molar refractivity (Wildman–Crippen MR) is 95.2 cm³/mol. The van der Waals surface area contributed by atoms with E-state index in [-0.39, 0.29) is 17.2 Å². The first-order valence-corrected chi connectivity index (χ1v) is 9.49. The van der Waals surface area contributed by atoms with Gasteiger partial charge in [0.25, 0.3) is 10.0 Å². The number of carbonyl (C=O) groups excluding carboxylic acids is 1. The normalized spacial score (nSPS) is 11.0. The molecular formula is C18H20FNO5S. The predicted octanol–water partition coefficient (Wildman–Crippen LogP) is 2.98. The molecule has 0 atom stereocenters. The SMILES string of the molecule is CCOC(=O)CN(c1cccc(F)c1)S(=O)(=O)c1ccc(OCC)cc1. The van der Waals surface area contributed by atoms with Crippen molar-refractivity contribution >= 4 is 21.7 Å². The maximum Gasteiger partial charge on any atom is 0.326 e. The molecule has 0 radical (unpaired) electrons. The van der Waals surface area contributed by atoms with E-state index in [0.29, 0.717) is 12.4 Å². The molecule has 6 nitrogen and oxygen atoms in total. The van der Waals surface area contributed by atoms with Gasteiger partial charge in [-0.2, -0.15) is 0 Å². The molecule has 0 unspecified atom stereocenters. The summed E-state index contributed by atoms with van der Waals surface area (Å²) in [7, 11) is -4.11. The average Bonchev–Trinajstić information content (AvgIpc) is 2.60. The summed E-state index contributed by atoms with van der Waals surface area (Å²) >= 11 is 0. The number of sulfonamides is 1. The van der Waals surface area contributed by atoms with Crippen LogP contribution in [0.4, 0.5) is 10.1 Å². The van der Waals surface area contributed by atoms with Gasteiger partial charge in [-0.05, 0) is 56.3 Å². The Kier molecular flexibility index (Phi) is 6.57. The van der Waals surface area contributed by atoms with Gasteiger partial charge in [0.05, 0.1) is 23.8 Å². The van der Waals surface area contributed by atoms with Gasteiger partial charge in [0.1, 0.15) is 18.1 Å². The minimum Gasteiger partial charge on any atom is -0.494 e. The number of rotatable bonds is 8. The molecule has 0 aliphatic heterocycles. The molecule has 0 amide bonds. The Morgan fingerprint density at radius 1 is 1.08 bits per heavy atom. The lowest BCUT2D eigenvalue weighted by atomic mass is 10.3. The summed E-state index contributed by atoms with van der Waals surface area (Å²) < 4.78 is 50.6. The Bertz CT molecular complexity index is 852. The Labute approximate surface area is 152 Å². The zero-order chi connectivity index (χ0) is 19.2. The van der Waals surface area contributed by atoms with Crippen LogP contribution < -0.4 is 9.04 Å². The zero-order valence-corrected chi connectivity index (χ0v) is 15.3. The molecule has 8 heteroatoms. The lowest BCUT2D eigenvalue weighted by Gasteiger charge is -2.23. The summed E-state index contributed by atoms with van der Waals surface area (Å²) in [5.74, 6) is -0.821. The fourth-order valence-electron chi connectivity index (χ4n) is 2.27. The zero-order valence-electron chi connectivity index (χ0n) is 14.5. The van der Waals surface area contributed by atoms with E-state index < -0.39 is 28.4 Å². The summed E-state index contributed by atoms with van der Waals surface area (Å²) in [5.41, 5.74) is 0.0342. The topological polar surface area (TPSA) is 72.9 Å². The highest BCUT2D eigenvalue weighted by molar-refractivity contribution is 7.92. The van der Waals surface area contributed by atoms with Crippen LogP contribution in [0.2, 0.25) is 0 Å². The number of benzene rings is 2. The van der Waals surface area contributed by atoms with Crippen molar-refractivity contribution in [1.82, 2.24) is 0 Å². The third kappa shape index (κ3) is 4.72. The van der Waals surface area contributed by atoms with Crippen molar-refractivity contribution in [3.8, 4) is 5.75 Å². The number of hydrogen-bond donors (Lipinski definition) is 0. The molecule has 2 aromatic carbocycles. The Morgan fingerprint density at radius 2 is 1.77 bits per heavy atom. The van der Waals surface area contributed by atoms with Gasteiger partial charge in [-0.1, -0.05) is 6.07 Å². The monoisotopic (exact) mass is 381 g/mol. The molecule has 0 heterocycles. The summed E-state index contributed by atoms with van der Waals surface area (Å²) in [4.78, 5) is 11.8. The first kappa shape index (κ1) is 19.7. The summed E-state index contributed by atoms with van der Waals surface area (Å²) in [6, 6.07) is 10.8. The van der Waals surface area contributed by atoms with Crippen LogP contribution in [-0.2, 0) is 19.6 Å². The molecule has 0 aliphatic rings. The van der Waals surface area contributed by atoms with Crippen LogP contribution in [0.15, 0.2) is 53.4 Å². The molecule has 140 valence electrons. The average molecular weight is 381 g/mol. The van der Waals surface area contributed by atoms with E-state index in [4.69, 9.17) is 9.47 Å². The quantitative estimate of drug-likeness (QED) is 0.658. The van der Waals surface area contributed by atoms with E-state index in [1.54, 1.807) is 6.92 Å². The Hall–Kier alpha value is -2.61. The highest BCUT2D eigenvalue weighted by Gasteiger charge is 2.28. The standard InChI is InChI=1S/C18H20FNO5S/c1-3-24-16-8-10-17(11-9-16)26(22,23)20(13-18(21)25-4-2)15-7-5-6-14(19)12-15/h5-12H,3-4,13H2,1-2H3. The third-order valence-electron chi connectivity index (χ3n) is 3.40. The van der Waals surface area contributed by atoms with Gasteiger partial charge >= 0.3 is 5.97 Å². The molecule has 0 fully saturated rings. The van der Waals surface area contributed by atoms with Gasteiger partial charge in [0.15, 0.2) is 0 Å². The number of hydrogen-bond acceptors (Lipinski definition) is 5. The number of ether oxygens (including phenoxy) is 2. The van der Waals surface area contributed by atoms with E-state index in [2.05, 4.69) is 0 Å². The minimum atomic E-state index is -4.11. The first-order valence-electron chi connectivity index (χ1n) is 8.05. The maximum absolute atomic E-state index is 13.6. The van der Waals surface area contributed by atoms with Crippen molar-refractivity contribution in [3.63, 3.8) is 0 Å². The van der Waals surface area contributed by atoms with Crippen molar-refractivity contribution < 1.29 is 27.1 Å². The third-order valence-corrected chi connectivity index (χ3v) is 5.19. The van der Waals surface area contributed by atoms with E-state index in [1.807, 2.05) is 6.92 Å². The Balaban J connectivity index is 2.43. The van der Waals surface area contributed by atoms with Gasteiger partial charge in [0.2, 0.25) is 0 Å². The largest absolute Gasteiger partial charge is 0.494 e. The molecule has 0 bridgehead atoms. The van der Waals surface area contributed by atoms with Gasteiger partial charge in [0, 0.05) is 0 Å². The lowest BCUT2D eigenvalue weighted by molar-refractivity contribution is -0.141. The van der Waals surface area contributed by atoms with E-state index >= 15 is 0 Å². The summed E-state index contributed by atoms with van der Waals surface area (Å²) in [6.07, 6.45) is 0. The van der Waals surface area contributed by atoms with Crippen molar-refractivity contribution in [2.75, 3.05) is 24.1 Å². The number of halogens is 1. The van der Waals surface area contributed by atoms with E-state index in [9.17, 15) is 17.6 Å². The molecule has 0 N–H and O–H groups in total. The fourth-order valence-corrected chi connectivity index (χ4v) is 3.67. The van der Waals surface area contributed by atoms with Crippen LogP contribution in [0.1, 0.15) is 13.8 Å². The second-order valence-electron chi connectivity index (χ2n) is 5.20. The number of nitrogens with zero attached hydrogens (tertiary/aromatic N) is 1. The van der Waals surface area contributed by atoms with Crippen LogP contribution in [-0.4, -0.2) is 34.1 Å². The smallest absolute Gasteiger partial charge is 0.326 e. The molecule has 0 aliphatic carbocycles. The molecule has 2 aromatic rings. The van der Waals surface area contributed by atoms with Crippen LogP contribution in [0.3, 0.4) is 0 Å². The van der Waals surface area contributed by atoms with Crippen LogP contribution in [0.25, 0.3) is 0 Å². The Morgan fingerprint density at radius 3 is 2.35 bits per heavy atom. The molecule has 2 rings (SSSR count). The van der Waals surface area contributed by atoms with Gasteiger partial charge in [-0.15, -0.1) is 0 Å². The van der Waals surface area contributed by atoms with Crippen LogP contribution in [0, 0.1) is 5.82 Å². The van der Waals surface area contributed by atoms with E-state index in [0.717, 1.165) is 10.4 Å². The number of esters is 1. The number of anilines is 1. The lowest BCUT2D eigenvalue weighted by Crippen LogP contribution is -2.36. The highest BCUT2D eigenvalue weighted by Crippen LogP contribution is 2.25. The second kappa shape index (κ2) is 8.66. The number of carbonyl (C=O) groups is 1. The van der Waals surface area contributed by atoms with Crippen molar-refractivity contribution in [3.05, 3.63) is 54.3 Å². The highest BCUT2D eigenvalue weighted by atomic mass is 32.2. The molecular weight excluding hydrogens is 361 g/mol. The first-order chi connectivity index (χ1) is 12.4. The molecule has 0 aromatic heterocycles. The molecule has 26 heavy (non-hydrogen) atoms. The van der Waals surface area contributed by atoms with E-state index in [1.165, 1.54) is 42.5 Å². The van der Waals surface area contributed by atoms with Gasteiger partial charge in [-0.25, -0.2) is 12.8 Å².